The molecule has 3 aliphatic heterocycles. The minimum absolute atomic E-state index is 0.00878. The Bertz CT molecular complexity index is 866. The van der Waals surface area contributed by atoms with E-state index in [-0.39, 0.29) is 29.3 Å². The summed E-state index contributed by atoms with van der Waals surface area (Å²) in [5.74, 6) is -0.239. The normalized spacial score (nSPS) is 26.7. The monoisotopic (exact) mass is 370 g/mol. The molecule has 4 N–H and O–H groups in total. The number of anilines is 1. The van der Waals surface area contributed by atoms with Gasteiger partial charge in [0.1, 0.15) is 5.75 Å². The van der Waals surface area contributed by atoms with Gasteiger partial charge in [0, 0.05) is 24.3 Å². The van der Waals surface area contributed by atoms with Crippen LogP contribution in [0.4, 0.5) is 5.69 Å². The topological polar surface area (TPSA) is 126 Å². The maximum atomic E-state index is 12.7. The summed E-state index contributed by atoms with van der Waals surface area (Å²) in [5.41, 5.74) is 5.99. The molecule has 27 heavy (non-hydrogen) atoms. The van der Waals surface area contributed by atoms with E-state index in [1.165, 1.54) is 0 Å². The molecule has 9 nitrogen and oxygen atoms in total. The number of phenolic OH excluding ortho intramolecular Hbond substituents is 1. The number of carbonyl (C=O) groups excluding carboxylic acids is 2. The number of primary amides is 1. The number of rotatable bonds is 5. The van der Waals surface area contributed by atoms with Crippen molar-refractivity contribution in [2.24, 2.45) is 17.6 Å². The van der Waals surface area contributed by atoms with Crippen LogP contribution in [0.3, 0.4) is 0 Å². The van der Waals surface area contributed by atoms with Gasteiger partial charge in [-0.05, 0) is 37.4 Å². The molecule has 0 radical (unpaired) electrons. The molecular weight excluding hydrogens is 348 g/mol. The molecule has 0 aliphatic carbocycles. The van der Waals surface area contributed by atoms with Crippen LogP contribution in [0.5, 0.6) is 5.75 Å². The maximum Gasteiger partial charge on any atom is 0.270 e. The number of aromatic hydroxyl groups is 1. The molecule has 1 aromatic heterocycles. The lowest BCUT2D eigenvalue weighted by Crippen LogP contribution is -2.57. The lowest BCUT2D eigenvalue weighted by atomic mass is 9.75. The molecule has 1 unspecified atom stereocenters. The molecule has 9 heteroatoms. The Morgan fingerprint density at radius 1 is 1.37 bits per heavy atom. The summed E-state index contributed by atoms with van der Waals surface area (Å²) in [4.78, 5) is 26.2. The molecule has 1 aromatic carbocycles. The van der Waals surface area contributed by atoms with Gasteiger partial charge in [-0.15, -0.1) is 5.10 Å². The Kier molecular flexibility index (Phi) is 4.53. The first-order valence-corrected chi connectivity index (χ1v) is 9.03. The van der Waals surface area contributed by atoms with Gasteiger partial charge in [-0.2, -0.15) is 0 Å². The van der Waals surface area contributed by atoms with Crippen molar-refractivity contribution in [2.75, 3.05) is 18.4 Å². The van der Waals surface area contributed by atoms with Crippen LogP contribution in [-0.4, -0.2) is 55.9 Å². The second-order valence-corrected chi connectivity index (χ2v) is 7.27. The first-order chi connectivity index (χ1) is 13.0. The molecule has 3 fully saturated rings. The number of hydrogen-bond acceptors (Lipinski definition) is 6. The van der Waals surface area contributed by atoms with E-state index < -0.39 is 5.91 Å². The number of nitrogens with two attached hydrogens (primary N) is 1. The van der Waals surface area contributed by atoms with E-state index in [4.69, 9.17) is 5.73 Å². The molecule has 0 spiro atoms. The van der Waals surface area contributed by atoms with Gasteiger partial charge in [-0.25, -0.2) is 0 Å². The Hall–Kier alpha value is -2.94. The summed E-state index contributed by atoms with van der Waals surface area (Å²) >= 11 is 0. The lowest BCUT2D eigenvalue weighted by molar-refractivity contribution is -0.127. The van der Waals surface area contributed by atoms with E-state index in [0.717, 1.165) is 19.4 Å². The first kappa shape index (κ1) is 17.5. The number of piperidine rings is 3. The number of carbonyl (C=O) groups is 2. The molecular formula is C18H22N6O3. The quantitative estimate of drug-likeness (QED) is 0.701. The number of nitrogens with one attached hydrogen (secondary N) is 1. The Morgan fingerprint density at radius 3 is 2.89 bits per heavy atom. The van der Waals surface area contributed by atoms with Crippen LogP contribution in [0.25, 0.3) is 0 Å². The van der Waals surface area contributed by atoms with E-state index in [1.54, 1.807) is 35.1 Å². The highest BCUT2D eigenvalue weighted by Crippen LogP contribution is 2.37. The highest BCUT2D eigenvalue weighted by atomic mass is 16.3. The minimum Gasteiger partial charge on any atom is -0.508 e. The van der Waals surface area contributed by atoms with Crippen molar-refractivity contribution in [1.29, 1.82) is 0 Å². The first-order valence-electron chi connectivity index (χ1n) is 9.03. The van der Waals surface area contributed by atoms with Crippen LogP contribution in [0.15, 0.2) is 30.5 Å². The van der Waals surface area contributed by atoms with Gasteiger partial charge in [0.25, 0.3) is 5.91 Å². The van der Waals surface area contributed by atoms with Gasteiger partial charge in [0.2, 0.25) is 5.91 Å². The van der Waals surface area contributed by atoms with Crippen molar-refractivity contribution in [3.63, 3.8) is 0 Å². The fourth-order valence-corrected chi connectivity index (χ4v) is 4.16. The number of aromatic nitrogens is 3. The summed E-state index contributed by atoms with van der Waals surface area (Å²) in [6, 6.07) is 6.85. The Balaban J connectivity index is 1.39. The van der Waals surface area contributed by atoms with Crippen LogP contribution in [0.1, 0.15) is 23.3 Å². The van der Waals surface area contributed by atoms with Crippen LogP contribution < -0.4 is 11.1 Å². The zero-order valence-electron chi connectivity index (χ0n) is 14.8. The molecule has 2 aromatic rings. The SMILES string of the molecule is NC(=O)c1cn(C[C@H]2C[C@@H]3CCN2C[C@@H]3C(=O)Nc2cccc(O)c2)nn1. The van der Waals surface area contributed by atoms with Crippen LogP contribution in [0, 0.1) is 11.8 Å². The second kappa shape index (κ2) is 6.99. The highest BCUT2D eigenvalue weighted by molar-refractivity contribution is 5.93. The number of fused-ring (bicyclic) bond motifs is 3. The van der Waals surface area contributed by atoms with Crippen LogP contribution in [0.2, 0.25) is 0 Å². The molecule has 4 heterocycles. The van der Waals surface area contributed by atoms with Gasteiger partial charge in [-0.1, -0.05) is 11.3 Å². The summed E-state index contributed by atoms with van der Waals surface area (Å²) in [6.07, 6.45) is 3.44. The van der Waals surface area contributed by atoms with Crippen molar-refractivity contribution < 1.29 is 14.7 Å². The zero-order chi connectivity index (χ0) is 19.0. The molecule has 3 aliphatic rings. The van der Waals surface area contributed by atoms with Crippen molar-refractivity contribution in [1.82, 2.24) is 19.9 Å². The Labute approximate surface area is 156 Å². The molecule has 0 saturated carbocycles. The fourth-order valence-electron chi connectivity index (χ4n) is 4.16. The molecule has 5 rings (SSSR count). The van der Waals surface area contributed by atoms with Crippen molar-refractivity contribution in [3.8, 4) is 5.75 Å². The summed E-state index contributed by atoms with van der Waals surface area (Å²) in [6.45, 7) is 2.26. The van der Waals surface area contributed by atoms with Gasteiger partial charge in [0.05, 0.1) is 18.7 Å². The number of phenols is 1. The van der Waals surface area contributed by atoms with E-state index in [0.29, 0.717) is 24.7 Å². The van der Waals surface area contributed by atoms with E-state index in [2.05, 4.69) is 20.5 Å². The number of benzene rings is 1. The molecule has 4 atom stereocenters. The predicted molar refractivity (Wildman–Crippen MR) is 96.9 cm³/mol. The predicted octanol–water partition coefficient (Wildman–Crippen LogP) is 0.432. The zero-order valence-corrected chi connectivity index (χ0v) is 14.8. The summed E-state index contributed by atoms with van der Waals surface area (Å²) in [5, 5.41) is 20.2. The average molecular weight is 370 g/mol. The average Bonchev–Trinajstić information content (AvgIpc) is 3.11. The second-order valence-electron chi connectivity index (χ2n) is 7.27. The van der Waals surface area contributed by atoms with Gasteiger partial charge in [-0.3, -0.25) is 19.2 Å². The van der Waals surface area contributed by atoms with Crippen molar-refractivity contribution in [2.45, 2.75) is 25.4 Å². The number of hydrogen-bond donors (Lipinski definition) is 3. The third-order valence-electron chi connectivity index (χ3n) is 5.52. The largest absolute Gasteiger partial charge is 0.508 e. The van der Waals surface area contributed by atoms with E-state index in [9.17, 15) is 14.7 Å². The van der Waals surface area contributed by atoms with Crippen LogP contribution >= 0.6 is 0 Å². The number of amides is 2. The van der Waals surface area contributed by atoms with Crippen molar-refractivity contribution >= 4 is 17.5 Å². The fraction of sp³-hybridized carbons (Fsp3) is 0.444. The highest BCUT2D eigenvalue weighted by Gasteiger charge is 2.43. The molecule has 2 bridgehead atoms. The number of nitrogens with zero attached hydrogens (tertiary/aromatic N) is 4. The molecule has 2 amide bonds. The molecule has 142 valence electrons. The van der Waals surface area contributed by atoms with Gasteiger partial charge < -0.3 is 16.2 Å². The third kappa shape index (κ3) is 3.63. The maximum absolute atomic E-state index is 12.7. The third-order valence-corrected chi connectivity index (χ3v) is 5.52. The summed E-state index contributed by atoms with van der Waals surface area (Å²) in [7, 11) is 0. The molecule has 3 saturated heterocycles. The van der Waals surface area contributed by atoms with Gasteiger partial charge in [0.15, 0.2) is 5.69 Å². The smallest absolute Gasteiger partial charge is 0.270 e. The summed E-state index contributed by atoms with van der Waals surface area (Å²) < 4.78 is 1.65. The Morgan fingerprint density at radius 2 is 2.22 bits per heavy atom. The van der Waals surface area contributed by atoms with Crippen molar-refractivity contribution in [3.05, 3.63) is 36.2 Å². The minimum atomic E-state index is -0.588. The lowest BCUT2D eigenvalue weighted by Gasteiger charge is -2.49. The van der Waals surface area contributed by atoms with E-state index >= 15 is 0 Å². The van der Waals surface area contributed by atoms with Gasteiger partial charge >= 0.3 is 0 Å². The van der Waals surface area contributed by atoms with E-state index in [1.807, 2.05) is 0 Å². The van der Waals surface area contributed by atoms with Crippen LogP contribution in [-0.2, 0) is 11.3 Å². The standard InChI is InChI=1S/C18H22N6O3/c19-17(26)16-10-24(22-21-16)8-13-6-11-4-5-23(13)9-15(11)18(27)20-12-2-1-3-14(25)7-12/h1-3,7,10-11,13,15,25H,4-6,8-9H2,(H2,19,26)(H,20,27)/t11-,13+,15-/m0/s1.